The van der Waals surface area contributed by atoms with Gasteiger partial charge in [0.1, 0.15) is 0 Å². The summed E-state index contributed by atoms with van der Waals surface area (Å²) in [7, 11) is 0. The Morgan fingerprint density at radius 1 is 1.20 bits per heavy atom. The molecule has 25 heavy (non-hydrogen) atoms. The highest BCUT2D eigenvalue weighted by molar-refractivity contribution is 5.95. The molecule has 1 N–H and O–H groups in total. The smallest absolute Gasteiger partial charge is 0.251 e. The molecular formula is C19H24N4O2. The van der Waals surface area contributed by atoms with E-state index in [1.165, 1.54) is 0 Å². The summed E-state index contributed by atoms with van der Waals surface area (Å²) in [5.41, 5.74) is 2.30. The lowest BCUT2D eigenvalue weighted by Gasteiger charge is -2.27. The predicted octanol–water partition coefficient (Wildman–Crippen LogP) is 2.51. The third-order valence-electron chi connectivity index (χ3n) is 4.22. The van der Waals surface area contributed by atoms with Crippen LogP contribution in [0.15, 0.2) is 36.4 Å². The second-order valence-corrected chi connectivity index (χ2v) is 6.07. The van der Waals surface area contributed by atoms with Crippen LogP contribution in [0.3, 0.4) is 0 Å². The minimum absolute atomic E-state index is 0.0480. The van der Waals surface area contributed by atoms with Crippen LogP contribution >= 0.6 is 0 Å². The molecule has 0 spiro atoms. The minimum Gasteiger partial charge on any atom is -0.378 e. The van der Waals surface area contributed by atoms with Crippen molar-refractivity contribution in [2.45, 2.75) is 19.8 Å². The van der Waals surface area contributed by atoms with Gasteiger partial charge in [-0.1, -0.05) is 25.5 Å². The fraction of sp³-hybridized carbons (Fsp3) is 0.421. The van der Waals surface area contributed by atoms with Gasteiger partial charge in [0.05, 0.1) is 18.9 Å². The van der Waals surface area contributed by atoms with Crippen molar-refractivity contribution in [3.05, 3.63) is 42.0 Å². The van der Waals surface area contributed by atoms with E-state index in [2.05, 4.69) is 27.3 Å². The molecule has 1 fully saturated rings. The van der Waals surface area contributed by atoms with Gasteiger partial charge >= 0.3 is 0 Å². The van der Waals surface area contributed by atoms with Crippen LogP contribution in [-0.4, -0.2) is 49.0 Å². The summed E-state index contributed by atoms with van der Waals surface area (Å²) in [6.07, 6.45) is 2.05. The topological polar surface area (TPSA) is 67.4 Å². The molecule has 1 aromatic carbocycles. The second-order valence-electron chi connectivity index (χ2n) is 6.07. The number of carbonyl (C=O) groups is 1. The van der Waals surface area contributed by atoms with Crippen LogP contribution in [0.1, 0.15) is 30.1 Å². The van der Waals surface area contributed by atoms with E-state index in [9.17, 15) is 4.79 Å². The number of nitrogens with one attached hydrogen (secondary N) is 1. The van der Waals surface area contributed by atoms with Crippen molar-refractivity contribution in [2.24, 2.45) is 0 Å². The zero-order valence-electron chi connectivity index (χ0n) is 14.6. The quantitative estimate of drug-likeness (QED) is 0.819. The summed E-state index contributed by atoms with van der Waals surface area (Å²) in [5, 5.41) is 11.6. The van der Waals surface area contributed by atoms with Crippen molar-refractivity contribution in [1.29, 1.82) is 0 Å². The third kappa shape index (κ3) is 4.54. The number of nitrogens with zero attached hydrogens (tertiary/aromatic N) is 3. The zero-order chi connectivity index (χ0) is 17.5. The monoisotopic (exact) mass is 340 g/mol. The molecule has 3 rings (SSSR count). The Labute approximate surface area is 148 Å². The molecule has 1 aromatic heterocycles. The number of rotatable bonds is 6. The van der Waals surface area contributed by atoms with Crippen molar-refractivity contribution >= 4 is 11.7 Å². The maximum atomic E-state index is 12.2. The number of morpholine rings is 1. The number of amides is 1. The van der Waals surface area contributed by atoms with Crippen LogP contribution in [-0.2, 0) is 4.74 Å². The number of carbonyl (C=O) groups excluding carboxylic acids is 1. The van der Waals surface area contributed by atoms with E-state index in [0.717, 1.165) is 56.2 Å². The van der Waals surface area contributed by atoms with Gasteiger partial charge in [0, 0.05) is 30.8 Å². The highest BCUT2D eigenvalue weighted by Gasteiger charge is 2.13. The lowest BCUT2D eigenvalue weighted by molar-refractivity contribution is 0.0953. The lowest BCUT2D eigenvalue weighted by atomic mass is 10.1. The Kier molecular flexibility index (Phi) is 5.95. The van der Waals surface area contributed by atoms with E-state index < -0.39 is 0 Å². The summed E-state index contributed by atoms with van der Waals surface area (Å²) >= 11 is 0. The van der Waals surface area contributed by atoms with Gasteiger partial charge in [-0.2, -0.15) is 0 Å². The van der Waals surface area contributed by atoms with Crippen LogP contribution in [0.2, 0.25) is 0 Å². The average Bonchev–Trinajstić information content (AvgIpc) is 2.69. The molecule has 2 aromatic rings. The van der Waals surface area contributed by atoms with Crippen LogP contribution in [0.5, 0.6) is 0 Å². The molecule has 0 atom stereocenters. The highest BCUT2D eigenvalue weighted by atomic mass is 16.5. The average molecular weight is 340 g/mol. The van der Waals surface area contributed by atoms with E-state index in [1.54, 1.807) is 0 Å². The summed E-state index contributed by atoms with van der Waals surface area (Å²) in [6.45, 7) is 5.92. The Hall–Kier alpha value is -2.47. The molecule has 1 saturated heterocycles. The fourth-order valence-electron chi connectivity index (χ4n) is 2.74. The lowest BCUT2D eigenvalue weighted by Crippen LogP contribution is -2.36. The van der Waals surface area contributed by atoms with Gasteiger partial charge in [-0.25, -0.2) is 0 Å². The fourth-order valence-corrected chi connectivity index (χ4v) is 2.74. The Morgan fingerprint density at radius 2 is 2.04 bits per heavy atom. The molecule has 6 nitrogen and oxygen atoms in total. The number of hydrogen-bond donors (Lipinski definition) is 1. The van der Waals surface area contributed by atoms with Crippen LogP contribution in [0.25, 0.3) is 11.3 Å². The van der Waals surface area contributed by atoms with Crippen LogP contribution in [0.4, 0.5) is 5.82 Å². The number of anilines is 1. The highest BCUT2D eigenvalue weighted by Crippen LogP contribution is 2.20. The normalized spacial score (nSPS) is 14.4. The molecule has 0 radical (unpaired) electrons. The van der Waals surface area contributed by atoms with Crippen molar-refractivity contribution in [1.82, 2.24) is 15.5 Å². The van der Waals surface area contributed by atoms with Crippen molar-refractivity contribution < 1.29 is 9.53 Å². The maximum absolute atomic E-state index is 12.2. The molecular weight excluding hydrogens is 316 g/mol. The minimum atomic E-state index is -0.0480. The first-order valence-electron chi connectivity index (χ1n) is 8.83. The van der Waals surface area contributed by atoms with Crippen molar-refractivity contribution in [3.63, 3.8) is 0 Å². The molecule has 1 aliphatic rings. The van der Waals surface area contributed by atoms with Gasteiger partial charge in [-0.3, -0.25) is 4.79 Å². The SMILES string of the molecule is CCCCNC(=O)c1cccc(-c2ccc(N3CCOCC3)nn2)c1. The Morgan fingerprint density at radius 3 is 2.76 bits per heavy atom. The van der Waals surface area contributed by atoms with E-state index in [-0.39, 0.29) is 5.91 Å². The van der Waals surface area contributed by atoms with Gasteiger partial charge < -0.3 is 15.0 Å². The molecule has 6 heteroatoms. The van der Waals surface area contributed by atoms with Gasteiger partial charge in [0.25, 0.3) is 5.91 Å². The first-order chi connectivity index (χ1) is 12.3. The maximum Gasteiger partial charge on any atom is 0.251 e. The summed E-state index contributed by atoms with van der Waals surface area (Å²) in [5.74, 6) is 0.814. The summed E-state index contributed by atoms with van der Waals surface area (Å²) in [6, 6.07) is 11.4. The number of ether oxygens (including phenoxy) is 1. The number of aromatic nitrogens is 2. The molecule has 132 valence electrons. The van der Waals surface area contributed by atoms with E-state index in [4.69, 9.17) is 4.74 Å². The number of unbranched alkanes of at least 4 members (excludes halogenated alkanes) is 1. The largest absolute Gasteiger partial charge is 0.378 e. The van der Waals surface area contributed by atoms with Gasteiger partial charge in [-0.15, -0.1) is 10.2 Å². The Balaban J connectivity index is 1.71. The molecule has 0 aliphatic carbocycles. The van der Waals surface area contributed by atoms with E-state index in [1.807, 2.05) is 36.4 Å². The molecule has 2 heterocycles. The van der Waals surface area contributed by atoms with Crippen molar-refractivity contribution in [3.8, 4) is 11.3 Å². The molecule has 0 saturated carbocycles. The van der Waals surface area contributed by atoms with Crippen LogP contribution < -0.4 is 10.2 Å². The van der Waals surface area contributed by atoms with Crippen LogP contribution in [0, 0.1) is 0 Å². The van der Waals surface area contributed by atoms with Gasteiger partial charge in [0.15, 0.2) is 5.82 Å². The molecule has 1 amide bonds. The molecule has 0 unspecified atom stereocenters. The zero-order valence-corrected chi connectivity index (χ0v) is 14.6. The molecule has 1 aliphatic heterocycles. The second kappa shape index (κ2) is 8.58. The van der Waals surface area contributed by atoms with Gasteiger partial charge in [-0.05, 0) is 30.7 Å². The molecule has 0 bridgehead atoms. The van der Waals surface area contributed by atoms with Crippen molar-refractivity contribution in [2.75, 3.05) is 37.7 Å². The standard InChI is InChI=1S/C19H24N4O2/c1-2-3-9-20-19(24)16-6-4-5-15(14-16)17-7-8-18(22-21-17)23-10-12-25-13-11-23/h4-8,14H,2-3,9-13H2,1H3,(H,20,24). The van der Waals surface area contributed by atoms with Gasteiger partial charge in [0.2, 0.25) is 0 Å². The number of benzene rings is 1. The van der Waals surface area contributed by atoms with E-state index in [0.29, 0.717) is 12.1 Å². The predicted molar refractivity (Wildman–Crippen MR) is 97.7 cm³/mol. The first kappa shape index (κ1) is 17.4. The summed E-state index contributed by atoms with van der Waals surface area (Å²) in [4.78, 5) is 14.4. The van der Waals surface area contributed by atoms with E-state index >= 15 is 0 Å². The third-order valence-corrected chi connectivity index (χ3v) is 4.22. The summed E-state index contributed by atoms with van der Waals surface area (Å²) < 4.78 is 5.36. The number of hydrogen-bond acceptors (Lipinski definition) is 5. The first-order valence-corrected chi connectivity index (χ1v) is 8.83. The Bertz CT molecular complexity index is 697.